The van der Waals surface area contributed by atoms with Crippen LogP contribution in [0.4, 0.5) is 5.69 Å². The van der Waals surface area contributed by atoms with Gasteiger partial charge in [-0.25, -0.2) is 0 Å². The summed E-state index contributed by atoms with van der Waals surface area (Å²) in [5.74, 6) is 0. The zero-order valence-electron chi connectivity index (χ0n) is 7.22. The van der Waals surface area contributed by atoms with Gasteiger partial charge in [0, 0.05) is 16.6 Å². The van der Waals surface area contributed by atoms with Crippen molar-refractivity contribution in [3.8, 4) is 0 Å². The molecule has 0 atom stereocenters. The molecule has 1 heterocycles. The van der Waals surface area contributed by atoms with E-state index in [1.54, 1.807) is 6.26 Å². The van der Waals surface area contributed by atoms with Crippen LogP contribution < -0.4 is 5.73 Å². The molecule has 0 fully saturated rings. The van der Waals surface area contributed by atoms with Crippen LogP contribution in [-0.4, -0.2) is 0 Å². The highest BCUT2D eigenvalue weighted by Crippen LogP contribution is 2.27. The van der Waals surface area contributed by atoms with Gasteiger partial charge in [-0.05, 0) is 31.5 Å². The molecule has 0 saturated heterocycles. The topological polar surface area (TPSA) is 39.2 Å². The number of hydrogen-bond donors (Lipinski definition) is 1. The first-order chi connectivity index (χ1) is 5.70. The average Bonchev–Trinajstić information content (AvgIpc) is 2.48. The summed E-state index contributed by atoms with van der Waals surface area (Å²) in [6.45, 7) is 3.99. The zero-order chi connectivity index (χ0) is 8.72. The standard InChI is InChI=1S/C10H11NO/c1-6-5-8-3-4-12-10(8)7(2)9(6)11/h3-5H,11H2,1-2H3. The summed E-state index contributed by atoms with van der Waals surface area (Å²) in [7, 11) is 0. The van der Waals surface area contributed by atoms with Gasteiger partial charge in [0.25, 0.3) is 0 Å². The third-order valence-electron chi connectivity index (χ3n) is 2.24. The lowest BCUT2D eigenvalue weighted by atomic mass is 10.1. The van der Waals surface area contributed by atoms with Crippen molar-refractivity contribution in [1.82, 2.24) is 0 Å². The first kappa shape index (κ1) is 7.22. The highest BCUT2D eigenvalue weighted by molar-refractivity contribution is 5.86. The van der Waals surface area contributed by atoms with Gasteiger partial charge in [-0.3, -0.25) is 0 Å². The minimum absolute atomic E-state index is 0.831. The molecule has 0 spiro atoms. The molecule has 0 unspecified atom stereocenters. The Morgan fingerprint density at radius 2 is 2.08 bits per heavy atom. The largest absolute Gasteiger partial charge is 0.464 e. The molecule has 0 aliphatic heterocycles. The van der Waals surface area contributed by atoms with E-state index in [0.717, 1.165) is 27.8 Å². The number of furan rings is 1. The zero-order valence-corrected chi connectivity index (χ0v) is 7.22. The molecule has 2 heteroatoms. The van der Waals surface area contributed by atoms with Crippen molar-refractivity contribution in [3.63, 3.8) is 0 Å². The molecule has 0 saturated carbocycles. The highest BCUT2D eigenvalue weighted by atomic mass is 16.3. The Morgan fingerprint density at radius 1 is 1.33 bits per heavy atom. The Hall–Kier alpha value is -1.44. The van der Waals surface area contributed by atoms with Gasteiger partial charge >= 0.3 is 0 Å². The van der Waals surface area contributed by atoms with Crippen LogP contribution in [0.15, 0.2) is 22.8 Å². The van der Waals surface area contributed by atoms with Crippen molar-refractivity contribution in [2.24, 2.45) is 0 Å². The summed E-state index contributed by atoms with van der Waals surface area (Å²) in [5.41, 5.74) is 9.73. The lowest BCUT2D eigenvalue weighted by Gasteiger charge is -2.03. The van der Waals surface area contributed by atoms with Crippen LogP contribution in [0, 0.1) is 13.8 Å². The lowest BCUT2D eigenvalue weighted by molar-refractivity contribution is 0.613. The molecule has 1 aromatic heterocycles. The summed E-state index contributed by atoms with van der Waals surface area (Å²) >= 11 is 0. The lowest BCUT2D eigenvalue weighted by Crippen LogP contribution is -1.92. The molecule has 2 nitrogen and oxygen atoms in total. The van der Waals surface area contributed by atoms with E-state index in [2.05, 4.69) is 0 Å². The predicted molar refractivity (Wildman–Crippen MR) is 50.1 cm³/mol. The van der Waals surface area contributed by atoms with E-state index in [0.29, 0.717) is 0 Å². The Bertz CT molecular complexity index is 429. The predicted octanol–water partition coefficient (Wildman–Crippen LogP) is 2.63. The molecule has 12 heavy (non-hydrogen) atoms. The minimum Gasteiger partial charge on any atom is -0.464 e. The first-order valence-electron chi connectivity index (χ1n) is 3.93. The molecule has 0 aliphatic rings. The molecule has 62 valence electrons. The number of nitrogens with two attached hydrogens (primary N) is 1. The van der Waals surface area contributed by atoms with Gasteiger partial charge in [0.1, 0.15) is 5.58 Å². The van der Waals surface area contributed by atoms with E-state index in [9.17, 15) is 0 Å². The smallest absolute Gasteiger partial charge is 0.138 e. The number of benzene rings is 1. The molecule has 0 aliphatic carbocycles. The van der Waals surface area contributed by atoms with E-state index in [4.69, 9.17) is 10.2 Å². The van der Waals surface area contributed by atoms with Crippen molar-refractivity contribution < 1.29 is 4.42 Å². The number of anilines is 1. The highest BCUT2D eigenvalue weighted by Gasteiger charge is 2.06. The van der Waals surface area contributed by atoms with Crippen LogP contribution >= 0.6 is 0 Å². The number of aryl methyl sites for hydroxylation is 2. The van der Waals surface area contributed by atoms with Crippen molar-refractivity contribution in [1.29, 1.82) is 0 Å². The summed E-state index contributed by atoms with van der Waals surface area (Å²) in [5, 5.41) is 1.12. The van der Waals surface area contributed by atoms with E-state index in [1.165, 1.54) is 0 Å². The monoisotopic (exact) mass is 161 g/mol. The molecule has 0 amide bonds. The molecular formula is C10H11NO. The molecule has 2 N–H and O–H groups in total. The van der Waals surface area contributed by atoms with E-state index in [1.807, 2.05) is 26.0 Å². The van der Waals surface area contributed by atoms with E-state index >= 15 is 0 Å². The maximum atomic E-state index is 5.85. The van der Waals surface area contributed by atoms with Crippen LogP contribution in [0.5, 0.6) is 0 Å². The number of nitrogen functional groups attached to an aromatic ring is 1. The van der Waals surface area contributed by atoms with Gasteiger partial charge in [0.15, 0.2) is 0 Å². The normalized spacial score (nSPS) is 10.8. The molecular weight excluding hydrogens is 150 g/mol. The Labute approximate surface area is 71.0 Å². The van der Waals surface area contributed by atoms with Crippen LogP contribution in [0.1, 0.15) is 11.1 Å². The number of rotatable bonds is 0. The maximum absolute atomic E-state index is 5.85. The molecule has 1 aromatic carbocycles. The number of hydrogen-bond acceptors (Lipinski definition) is 2. The van der Waals surface area contributed by atoms with Crippen molar-refractivity contribution in [2.75, 3.05) is 5.73 Å². The fraction of sp³-hybridized carbons (Fsp3) is 0.200. The summed E-state index contributed by atoms with van der Waals surface area (Å²) in [6.07, 6.45) is 1.69. The second-order valence-corrected chi connectivity index (χ2v) is 3.07. The molecule has 0 bridgehead atoms. The van der Waals surface area contributed by atoms with Gasteiger partial charge < -0.3 is 10.2 Å². The third-order valence-corrected chi connectivity index (χ3v) is 2.24. The van der Waals surface area contributed by atoms with Crippen molar-refractivity contribution in [3.05, 3.63) is 29.5 Å². The van der Waals surface area contributed by atoms with Gasteiger partial charge in [-0.2, -0.15) is 0 Å². The summed E-state index contributed by atoms with van der Waals surface area (Å²) in [4.78, 5) is 0. The van der Waals surface area contributed by atoms with Crippen LogP contribution in [0.2, 0.25) is 0 Å². The second kappa shape index (κ2) is 2.27. The van der Waals surface area contributed by atoms with Crippen molar-refractivity contribution >= 4 is 16.7 Å². The Morgan fingerprint density at radius 3 is 2.83 bits per heavy atom. The van der Waals surface area contributed by atoms with Gasteiger partial charge in [-0.15, -0.1) is 0 Å². The summed E-state index contributed by atoms with van der Waals surface area (Å²) in [6, 6.07) is 4.00. The molecule has 2 rings (SSSR count). The number of fused-ring (bicyclic) bond motifs is 1. The quantitative estimate of drug-likeness (QED) is 0.603. The fourth-order valence-corrected chi connectivity index (χ4v) is 1.47. The Kier molecular flexibility index (Phi) is 1.37. The minimum atomic E-state index is 0.831. The Balaban J connectivity index is 2.94. The van der Waals surface area contributed by atoms with E-state index < -0.39 is 0 Å². The van der Waals surface area contributed by atoms with Gasteiger partial charge in [0.05, 0.1) is 6.26 Å². The van der Waals surface area contributed by atoms with Crippen molar-refractivity contribution in [2.45, 2.75) is 13.8 Å². The second-order valence-electron chi connectivity index (χ2n) is 3.07. The molecule has 2 aromatic rings. The van der Waals surface area contributed by atoms with E-state index in [-0.39, 0.29) is 0 Å². The van der Waals surface area contributed by atoms with Crippen LogP contribution in [0.3, 0.4) is 0 Å². The van der Waals surface area contributed by atoms with Gasteiger partial charge in [-0.1, -0.05) is 0 Å². The fourth-order valence-electron chi connectivity index (χ4n) is 1.47. The van der Waals surface area contributed by atoms with Crippen LogP contribution in [-0.2, 0) is 0 Å². The SMILES string of the molecule is Cc1cc2ccoc2c(C)c1N. The summed E-state index contributed by atoms with van der Waals surface area (Å²) < 4.78 is 5.30. The first-order valence-corrected chi connectivity index (χ1v) is 3.93. The van der Waals surface area contributed by atoms with Crippen LogP contribution in [0.25, 0.3) is 11.0 Å². The average molecular weight is 161 g/mol. The maximum Gasteiger partial charge on any atom is 0.138 e. The van der Waals surface area contributed by atoms with Gasteiger partial charge in [0.2, 0.25) is 0 Å². The third kappa shape index (κ3) is 0.811. The molecule has 0 radical (unpaired) electrons.